The topological polar surface area (TPSA) is 42.0 Å². The van der Waals surface area contributed by atoms with E-state index in [1.54, 1.807) is 29.5 Å². The van der Waals surface area contributed by atoms with Crippen LogP contribution in [0.3, 0.4) is 0 Å². The van der Waals surface area contributed by atoms with Crippen LogP contribution in [0.25, 0.3) is 0 Å². The first-order chi connectivity index (χ1) is 9.51. The molecule has 0 spiro atoms. The fourth-order valence-electron chi connectivity index (χ4n) is 1.68. The third-order valence-corrected chi connectivity index (χ3v) is 4.60. The van der Waals surface area contributed by atoms with E-state index in [0.29, 0.717) is 15.6 Å². The van der Waals surface area contributed by atoms with E-state index in [-0.39, 0.29) is 11.9 Å². The van der Waals surface area contributed by atoms with Crippen LogP contribution in [-0.4, -0.2) is 10.9 Å². The average Bonchev–Trinajstić information content (AvgIpc) is 2.90. The van der Waals surface area contributed by atoms with Crippen LogP contribution < -0.4 is 5.32 Å². The highest BCUT2D eigenvalue weighted by molar-refractivity contribution is 7.09. The zero-order chi connectivity index (χ0) is 14.7. The molecule has 106 valence electrons. The van der Waals surface area contributed by atoms with Gasteiger partial charge in [-0.25, -0.2) is 4.98 Å². The molecule has 6 heteroatoms. The van der Waals surface area contributed by atoms with E-state index in [0.717, 1.165) is 17.1 Å². The Morgan fingerprint density at radius 1 is 1.40 bits per heavy atom. The van der Waals surface area contributed by atoms with Crippen molar-refractivity contribution >= 4 is 40.4 Å². The minimum absolute atomic E-state index is 0.145. The van der Waals surface area contributed by atoms with Crippen LogP contribution >= 0.6 is 34.5 Å². The lowest BCUT2D eigenvalue weighted by Gasteiger charge is -2.12. The van der Waals surface area contributed by atoms with E-state index >= 15 is 0 Å². The van der Waals surface area contributed by atoms with Crippen molar-refractivity contribution in [3.8, 4) is 0 Å². The number of benzene rings is 1. The second kappa shape index (κ2) is 6.57. The van der Waals surface area contributed by atoms with Gasteiger partial charge in [0.2, 0.25) is 0 Å². The van der Waals surface area contributed by atoms with Gasteiger partial charge in [-0.05, 0) is 31.5 Å². The summed E-state index contributed by atoms with van der Waals surface area (Å²) < 4.78 is 0. The molecule has 1 aromatic heterocycles. The van der Waals surface area contributed by atoms with E-state index in [9.17, 15) is 4.79 Å². The molecule has 2 aromatic rings. The largest absolute Gasteiger partial charge is 0.344 e. The third-order valence-electron chi connectivity index (χ3n) is 2.85. The molecule has 0 aliphatic carbocycles. The number of nitrogens with zero attached hydrogens (tertiary/aromatic N) is 1. The maximum absolute atomic E-state index is 12.1. The number of aromatic nitrogens is 1. The fraction of sp³-hybridized carbons (Fsp3) is 0.286. The molecule has 0 bridgehead atoms. The molecule has 1 aromatic carbocycles. The molecule has 0 radical (unpaired) electrons. The number of rotatable bonds is 4. The van der Waals surface area contributed by atoms with Crippen LogP contribution in [0.2, 0.25) is 10.0 Å². The third kappa shape index (κ3) is 3.51. The standard InChI is InChI=1S/C14H14Cl2N2OS/c1-3-13-18-12(7-20-13)8(2)17-14(19)9-4-5-10(15)11(16)6-9/h4-8H,3H2,1-2H3,(H,17,19). The Balaban J connectivity index is 2.08. The summed E-state index contributed by atoms with van der Waals surface area (Å²) in [7, 11) is 0. The van der Waals surface area contributed by atoms with E-state index < -0.39 is 0 Å². The lowest BCUT2D eigenvalue weighted by molar-refractivity contribution is 0.0939. The molecule has 2 rings (SSSR count). The van der Waals surface area contributed by atoms with E-state index in [1.807, 2.05) is 12.3 Å². The summed E-state index contributed by atoms with van der Waals surface area (Å²) in [6.45, 7) is 3.96. The Morgan fingerprint density at radius 2 is 2.15 bits per heavy atom. The van der Waals surface area contributed by atoms with Crippen molar-refractivity contribution in [1.82, 2.24) is 10.3 Å². The minimum atomic E-state index is -0.192. The number of carbonyl (C=O) groups is 1. The van der Waals surface area contributed by atoms with Crippen molar-refractivity contribution < 1.29 is 4.79 Å². The molecule has 0 saturated carbocycles. The molecule has 1 N–H and O–H groups in total. The molecule has 1 amide bonds. The number of carbonyl (C=O) groups excluding carboxylic acids is 1. The molecule has 1 unspecified atom stereocenters. The minimum Gasteiger partial charge on any atom is -0.344 e. The smallest absolute Gasteiger partial charge is 0.251 e. The predicted molar refractivity (Wildman–Crippen MR) is 83.8 cm³/mol. The fourth-order valence-corrected chi connectivity index (χ4v) is 2.81. The number of amides is 1. The zero-order valence-electron chi connectivity index (χ0n) is 11.1. The number of hydrogen-bond acceptors (Lipinski definition) is 3. The van der Waals surface area contributed by atoms with Gasteiger partial charge in [-0.3, -0.25) is 4.79 Å². The number of aryl methyl sites for hydroxylation is 1. The van der Waals surface area contributed by atoms with Crippen LogP contribution in [-0.2, 0) is 6.42 Å². The van der Waals surface area contributed by atoms with Crippen molar-refractivity contribution in [1.29, 1.82) is 0 Å². The second-order valence-electron chi connectivity index (χ2n) is 4.34. The highest BCUT2D eigenvalue weighted by Crippen LogP contribution is 2.23. The van der Waals surface area contributed by atoms with Crippen LogP contribution in [0.15, 0.2) is 23.6 Å². The average molecular weight is 329 g/mol. The van der Waals surface area contributed by atoms with Crippen molar-refractivity contribution in [2.45, 2.75) is 26.3 Å². The molecule has 1 heterocycles. The lowest BCUT2D eigenvalue weighted by Crippen LogP contribution is -2.26. The van der Waals surface area contributed by atoms with Gasteiger partial charge >= 0.3 is 0 Å². The van der Waals surface area contributed by atoms with Gasteiger partial charge in [0.1, 0.15) is 0 Å². The summed E-state index contributed by atoms with van der Waals surface area (Å²) in [5.41, 5.74) is 1.36. The Morgan fingerprint density at radius 3 is 2.75 bits per heavy atom. The van der Waals surface area contributed by atoms with Crippen LogP contribution in [0, 0.1) is 0 Å². The predicted octanol–water partition coefficient (Wildman–Crippen LogP) is 4.50. The van der Waals surface area contributed by atoms with Gasteiger partial charge in [0, 0.05) is 10.9 Å². The van der Waals surface area contributed by atoms with E-state index in [1.165, 1.54) is 0 Å². The summed E-state index contributed by atoms with van der Waals surface area (Å²) >= 11 is 13.3. The Hall–Kier alpha value is -1.10. The summed E-state index contributed by atoms with van der Waals surface area (Å²) in [6.07, 6.45) is 0.901. The molecule has 0 fully saturated rings. The van der Waals surface area contributed by atoms with Gasteiger partial charge in [0.25, 0.3) is 5.91 Å². The normalized spacial score (nSPS) is 12.2. The van der Waals surface area contributed by atoms with Gasteiger partial charge in [0.15, 0.2) is 0 Å². The first-order valence-corrected chi connectivity index (χ1v) is 7.85. The van der Waals surface area contributed by atoms with E-state index in [2.05, 4.69) is 17.2 Å². The van der Waals surface area contributed by atoms with Crippen molar-refractivity contribution in [3.63, 3.8) is 0 Å². The SMILES string of the molecule is CCc1nc(C(C)NC(=O)c2ccc(Cl)c(Cl)c2)cs1. The van der Waals surface area contributed by atoms with Crippen LogP contribution in [0.4, 0.5) is 0 Å². The van der Waals surface area contributed by atoms with Crippen LogP contribution in [0.5, 0.6) is 0 Å². The monoisotopic (exact) mass is 328 g/mol. The molecule has 0 aliphatic rings. The summed E-state index contributed by atoms with van der Waals surface area (Å²) in [6, 6.07) is 4.68. The maximum Gasteiger partial charge on any atom is 0.251 e. The number of halogens is 2. The van der Waals surface area contributed by atoms with Gasteiger partial charge in [0.05, 0.1) is 26.8 Å². The highest BCUT2D eigenvalue weighted by Gasteiger charge is 2.14. The molecule has 3 nitrogen and oxygen atoms in total. The number of thiazole rings is 1. The molecule has 0 saturated heterocycles. The summed E-state index contributed by atoms with van der Waals surface area (Å²) in [5.74, 6) is -0.192. The van der Waals surface area contributed by atoms with Gasteiger partial charge < -0.3 is 5.32 Å². The first-order valence-electron chi connectivity index (χ1n) is 6.21. The molecule has 0 aliphatic heterocycles. The molecule has 1 atom stereocenters. The van der Waals surface area contributed by atoms with Crippen molar-refractivity contribution in [2.24, 2.45) is 0 Å². The first kappa shape index (κ1) is 15.3. The summed E-state index contributed by atoms with van der Waals surface area (Å²) in [4.78, 5) is 16.6. The van der Waals surface area contributed by atoms with Crippen LogP contribution in [0.1, 0.15) is 40.9 Å². The Kier molecular flexibility index (Phi) is 5.02. The highest BCUT2D eigenvalue weighted by atomic mass is 35.5. The van der Waals surface area contributed by atoms with Crippen molar-refractivity contribution in [2.75, 3.05) is 0 Å². The zero-order valence-corrected chi connectivity index (χ0v) is 13.4. The maximum atomic E-state index is 12.1. The van der Waals surface area contributed by atoms with E-state index in [4.69, 9.17) is 23.2 Å². The Labute approximate surface area is 131 Å². The Bertz CT molecular complexity index is 627. The quantitative estimate of drug-likeness (QED) is 0.897. The molecule has 20 heavy (non-hydrogen) atoms. The number of nitrogens with one attached hydrogen (secondary N) is 1. The lowest BCUT2D eigenvalue weighted by atomic mass is 10.2. The molecular formula is C14H14Cl2N2OS. The summed E-state index contributed by atoms with van der Waals surface area (Å²) in [5, 5.41) is 6.74. The second-order valence-corrected chi connectivity index (χ2v) is 6.10. The van der Waals surface area contributed by atoms with Gasteiger partial charge in [-0.2, -0.15) is 0 Å². The van der Waals surface area contributed by atoms with Crippen molar-refractivity contribution in [3.05, 3.63) is 49.9 Å². The van der Waals surface area contributed by atoms with Gasteiger partial charge in [-0.15, -0.1) is 11.3 Å². The number of hydrogen-bond donors (Lipinski definition) is 1. The molecular weight excluding hydrogens is 315 g/mol. The van der Waals surface area contributed by atoms with Gasteiger partial charge in [-0.1, -0.05) is 30.1 Å².